The average Bonchev–Trinajstić information content (AvgIpc) is 2.72. The molecule has 2 heterocycles. The van der Waals surface area contributed by atoms with Crippen molar-refractivity contribution in [2.45, 2.75) is 39.3 Å². The van der Waals surface area contributed by atoms with Crippen LogP contribution in [-0.4, -0.2) is 30.7 Å². The molecule has 1 aromatic carbocycles. The van der Waals surface area contributed by atoms with Gasteiger partial charge in [-0.15, -0.1) is 0 Å². The lowest BCUT2D eigenvalue weighted by atomic mass is 10.1. The molecule has 0 atom stereocenters. The number of aromatic nitrogens is 1. The number of pyridine rings is 1. The molecule has 2 N–H and O–H groups in total. The number of hydrogen-bond acceptors (Lipinski definition) is 4. The molecule has 1 saturated heterocycles. The van der Waals surface area contributed by atoms with E-state index in [4.69, 9.17) is 4.74 Å². The van der Waals surface area contributed by atoms with Crippen LogP contribution in [0.4, 0.5) is 10.6 Å². The van der Waals surface area contributed by atoms with Crippen LogP contribution in [0.1, 0.15) is 37.3 Å². The molecule has 0 aliphatic carbocycles. The van der Waals surface area contributed by atoms with Crippen LogP contribution in [0.15, 0.2) is 42.6 Å². The quantitative estimate of drug-likeness (QED) is 0.785. The van der Waals surface area contributed by atoms with E-state index in [0.29, 0.717) is 19.7 Å². The van der Waals surface area contributed by atoms with E-state index >= 15 is 0 Å². The number of carbonyl (C=O) groups is 1. The van der Waals surface area contributed by atoms with Gasteiger partial charge in [-0.05, 0) is 61.6 Å². The monoisotopic (exact) mass is 368 g/mol. The number of urea groups is 1. The van der Waals surface area contributed by atoms with Gasteiger partial charge in [-0.2, -0.15) is 0 Å². The van der Waals surface area contributed by atoms with Gasteiger partial charge in [0.1, 0.15) is 11.6 Å². The van der Waals surface area contributed by atoms with E-state index < -0.39 is 0 Å². The number of benzene rings is 1. The van der Waals surface area contributed by atoms with Gasteiger partial charge in [-0.3, -0.25) is 0 Å². The molecule has 0 unspecified atom stereocenters. The van der Waals surface area contributed by atoms with Crippen LogP contribution in [0.2, 0.25) is 0 Å². The van der Waals surface area contributed by atoms with Crippen LogP contribution in [0.25, 0.3) is 0 Å². The van der Waals surface area contributed by atoms with Crippen molar-refractivity contribution < 1.29 is 9.53 Å². The van der Waals surface area contributed by atoms with Gasteiger partial charge >= 0.3 is 6.03 Å². The highest BCUT2D eigenvalue weighted by Crippen LogP contribution is 2.18. The van der Waals surface area contributed by atoms with Crippen molar-refractivity contribution >= 4 is 11.8 Å². The SMILES string of the molecule is CCOc1cccc(CNC(=O)NCc2ccnc(N3CCCCC3)c2)c1. The van der Waals surface area contributed by atoms with Gasteiger partial charge in [0.2, 0.25) is 0 Å². The maximum atomic E-state index is 12.1. The summed E-state index contributed by atoms with van der Waals surface area (Å²) in [6, 6.07) is 11.6. The summed E-state index contributed by atoms with van der Waals surface area (Å²) in [5, 5.41) is 5.80. The van der Waals surface area contributed by atoms with Gasteiger partial charge < -0.3 is 20.3 Å². The largest absolute Gasteiger partial charge is 0.494 e. The summed E-state index contributed by atoms with van der Waals surface area (Å²) in [5.74, 6) is 1.82. The van der Waals surface area contributed by atoms with E-state index in [1.807, 2.05) is 43.5 Å². The maximum absolute atomic E-state index is 12.1. The molecule has 1 aliphatic heterocycles. The normalized spacial score (nSPS) is 13.9. The van der Waals surface area contributed by atoms with Crippen molar-refractivity contribution in [3.05, 3.63) is 53.7 Å². The second-order valence-corrected chi connectivity index (χ2v) is 6.69. The van der Waals surface area contributed by atoms with Crippen molar-refractivity contribution in [1.82, 2.24) is 15.6 Å². The number of hydrogen-bond donors (Lipinski definition) is 2. The summed E-state index contributed by atoms with van der Waals surface area (Å²) in [5.41, 5.74) is 2.06. The molecule has 1 fully saturated rings. The molecular weight excluding hydrogens is 340 g/mol. The number of anilines is 1. The predicted molar refractivity (Wildman–Crippen MR) is 107 cm³/mol. The molecule has 27 heavy (non-hydrogen) atoms. The molecule has 2 aromatic rings. The van der Waals surface area contributed by atoms with E-state index in [2.05, 4.69) is 26.6 Å². The van der Waals surface area contributed by atoms with Crippen LogP contribution in [0.5, 0.6) is 5.75 Å². The Labute approximate surface area is 160 Å². The third-order valence-corrected chi connectivity index (χ3v) is 4.61. The summed E-state index contributed by atoms with van der Waals surface area (Å²) in [6.45, 7) is 5.64. The van der Waals surface area contributed by atoms with E-state index in [1.54, 1.807) is 0 Å². The van der Waals surface area contributed by atoms with Gasteiger partial charge in [0, 0.05) is 32.4 Å². The highest BCUT2D eigenvalue weighted by atomic mass is 16.5. The van der Waals surface area contributed by atoms with Crippen molar-refractivity contribution in [1.29, 1.82) is 0 Å². The molecule has 6 heteroatoms. The summed E-state index contributed by atoms with van der Waals surface area (Å²) >= 11 is 0. The lowest BCUT2D eigenvalue weighted by Gasteiger charge is -2.27. The fourth-order valence-electron chi connectivity index (χ4n) is 3.21. The molecule has 0 bridgehead atoms. The Kier molecular flexibility index (Phi) is 6.90. The molecule has 0 radical (unpaired) electrons. The molecule has 1 aromatic heterocycles. The zero-order valence-electron chi connectivity index (χ0n) is 15.9. The van der Waals surface area contributed by atoms with E-state index in [-0.39, 0.29) is 6.03 Å². The van der Waals surface area contributed by atoms with Crippen LogP contribution in [0.3, 0.4) is 0 Å². The summed E-state index contributed by atoms with van der Waals surface area (Å²) in [7, 11) is 0. The van der Waals surface area contributed by atoms with Crippen LogP contribution < -0.4 is 20.3 Å². The van der Waals surface area contributed by atoms with E-state index in [1.165, 1.54) is 19.3 Å². The van der Waals surface area contributed by atoms with Gasteiger partial charge in [0.25, 0.3) is 0 Å². The highest BCUT2D eigenvalue weighted by molar-refractivity contribution is 5.73. The average molecular weight is 368 g/mol. The topological polar surface area (TPSA) is 66.5 Å². The van der Waals surface area contributed by atoms with E-state index in [0.717, 1.165) is 35.8 Å². The van der Waals surface area contributed by atoms with E-state index in [9.17, 15) is 4.79 Å². The lowest BCUT2D eigenvalue weighted by Crippen LogP contribution is -2.34. The summed E-state index contributed by atoms with van der Waals surface area (Å²) in [6.07, 6.45) is 5.55. The molecule has 6 nitrogen and oxygen atoms in total. The number of carbonyl (C=O) groups excluding carboxylic acids is 1. The number of piperidine rings is 1. The minimum atomic E-state index is -0.187. The lowest BCUT2D eigenvalue weighted by molar-refractivity contribution is 0.240. The second-order valence-electron chi connectivity index (χ2n) is 6.69. The Morgan fingerprint density at radius 1 is 1.07 bits per heavy atom. The van der Waals surface area contributed by atoms with Crippen LogP contribution in [0, 0.1) is 0 Å². The van der Waals surface area contributed by atoms with Gasteiger partial charge in [-0.25, -0.2) is 9.78 Å². The zero-order valence-corrected chi connectivity index (χ0v) is 15.9. The number of ether oxygens (including phenoxy) is 1. The van der Waals surface area contributed by atoms with Crippen LogP contribution in [-0.2, 0) is 13.1 Å². The maximum Gasteiger partial charge on any atom is 0.315 e. The smallest absolute Gasteiger partial charge is 0.315 e. The number of nitrogens with zero attached hydrogens (tertiary/aromatic N) is 2. The van der Waals surface area contributed by atoms with Crippen molar-refractivity contribution in [2.24, 2.45) is 0 Å². The first-order valence-corrected chi connectivity index (χ1v) is 9.68. The first-order valence-electron chi connectivity index (χ1n) is 9.68. The first kappa shape index (κ1) is 19.0. The Bertz CT molecular complexity index is 744. The number of nitrogens with one attached hydrogen (secondary N) is 2. The summed E-state index contributed by atoms with van der Waals surface area (Å²) < 4.78 is 5.48. The van der Waals surface area contributed by atoms with Crippen molar-refractivity contribution in [2.75, 3.05) is 24.6 Å². The minimum Gasteiger partial charge on any atom is -0.494 e. The summed E-state index contributed by atoms with van der Waals surface area (Å²) in [4.78, 5) is 18.9. The van der Waals surface area contributed by atoms with Gasteiger partial charge in [0.05, 0.1) is 6.61 Å². The first-order chi connectivity index (χ1) is 13.2. The second kappa shape index (κ2) is 9.80. The molecule has 3 rings (SSSR count). The van der Waals surface area contributed by atoms with Crippen molar-refractivity contribution in [3.8, 4) is 5.75 Å². The van der Waals surface area contributed by atoms with Crippen molar-refractivity contribution in [3.63, 3.8) is 0 Å². The molecule has 2 amide bonds. The fourth-order valence-corrected chi connectivity index (χ4v) is 3.21. The number of rotatable bonds is 7. The third-order valence-electron chi connectivity index (χ3n) is 4.61. The Balaban J connectivity index is 1.47. The third kappa shape index (κ3) is 5.88. The number of amides is 2. The molecular formula is C21H28N4O2. The zero-order chi connectivity index (χ0) is 18.9. The fraction of sp³-hybridized carbons (Fsp3) is 0.429. The minimum absolute atomic E-state index is 0.187. The van der Waals surface area contributed by atoms with Crippen LogP contribution >= 0.6 is 0 Å². The molecule has 144 valence electrons. The molecule has 1 aliphatic rings. The Morgan fingerprint density at radius 3 is 2.56 bits per heavy atom. The standard InChI is InChI=1S/C21H28N4O2/c1-2-27-19-8-6-7-17(13-19)15-23-21(26)24-16-18-9-10-22-20(14-18)25-11-4-3-5-12-25/h6-10,13-14H,2-5,11-12,15-16H2,1H3,(H2,23,24,26). The molecule has 0 spiro atoms. The van der Waals surface area contributed by atoms with Gasteiger partial charge in [0.15, 0.2) is 0 Å². The molecule has 0 saturated carbocycles. The van der Waals surface area contributed by atoms with Gasteiger partial charge in [-0.1, -0.05) is 12.1 Å². The Hall–Kier alpha value is -2.76. The predicted octanol–water partition coefficient (Wildman–Crippen LogP) is 3.47. The Morgan fingerprint density at radius 2 is 1.81 bits per heavy atom. The highest BCUT2D eigenvalue weighted by Gasteiger charge is 2.12.